The molecule has 0 aliphatic carbocycles. The van der Waals surface area contributed by atoms with Crippen molar-refractivity contribution in [2.24, 2.45) is 0 Å². The van der Waals surface area contributed by atoms with Crippen LogP contribution in [0.2, 0.25) is 0 Å². The molecule has 0 bridgehead atoms. The van der Waals surface area contributed by atoms with Crippen LogP contribution >= 0.6 is 11.3 Å². The number of hydrogen-bond acceptors (Lipinski definition) is 5. The number of anilines is 2. The van der Waals surface area contributed by atoms with Crippen molar-refractivity contribution in [2.75, 3.05) is 17.6 Å². The number of carbonyl (C=O) groups is 1. The summed E-state index contributed by atoms with van der Waals surface area (Å²) in [6, 6.07) is 8.26. The Morgan fingerprint density at radius 1 is 1.43 bits per heavy atom. The van der Waals surface area contributed by atoms with E-state index in [9.17, 15) is 9.18 Å². The summed E-state index contributed by atoms with van der Waals surface area (Å²) in [4.78, 5) is 11.8. The molecule has 0 atom stereocenters. The number of carbonyl (C=O) groups excluding carboxylic acids is 1. The molecule has 2 aromatic rings. The van der Waals surface area contributed by atoms with Crippen LogP contribution in [0, 0.1) is 17.1 Å². The number of Topliss-reactive ketones (excluding diaryl/α,β-unsaturated/α-hetero) is 1. The Hall–Kier alpha value is -2.39. The number of hydrogen-bond donors (Lipinski definition) is 2. The van der Waals surface area contributed by atoms with Gasteiger partial charge in [-0.3, -0.25) is 4.79 Å². The molecular formula is C15H14FN3OS. The highest BCUT2D eigenvalue weighted by molar-refractivity contribution is 7.18. The van der Waals surface area contributed by atoms with Crippen molar-refractivity contribution in [1.82, 2.24) is 0 Å². The van der Waals surface area contributed by atoms with Crippen LogP contribution in [0.5, 0.6) is 0 Å². The van der Waals surface area contributed by atoms with Crippen molar-refractivity contribution in [3.05, 3.63) is 46.1 Å². The summed E-state index contributed by atoms with van der Waals surface area (Å²) in [6.45, 7) is 1.99. The van der Waals surface area contributed by atoms with Crippen molar-refractivity contribution < 1.29 is 9.18 Å². The SMILES string of the molecule is CC(=O)c1sc(NCCc2ccc(F)cc2)c(C#N)c1N. The van der Waals surface area contributed by atoms with Gasteiger partial charge in [0.05, 0.1) is 10.6 Å². The first-order valence-electron chi connectivity index (χ1n) is 6.34. The largest absolute Gasteiger partial charge is 0.396 e. The zero-order valence-corrected chi connectivity index (χ0v) is 12.3. The van der Waals surface area contributed by atoms with Crippen LogP contribution in [0.3, 0.4) is 0 Å². The number of ketones is 1. The predicted octanol–water partition coefficient (Wildman–Crippen LogP) is 3.20. The monoisotopic (exact) mass is 303 g/mol. The minimum atomic E-state index is -0.268. The van der Waals surface area contributed by atoms with Gasteiger partial charge in [0, 0.05) is 13.5 Å². The third-order valence-corrected chi connectivity index (χ3v) is 4.25. The van der Waals surface area contributed by atoms with Crippen LogP contribution in [0.4, 0.5) is 15.1 Å². The number of nitriles is 1. The van der Waals surface area contributed by atoms with Crippen molar-refractivity contribution in [3.63, 3.8) is 0 Å². The lowest BCUT2D eigenvalue weighted by molar-refractivity contribution is 0.102. The summed E-state index contributed by atoms with van der Waals surface area (Å²) in [6.07, 6.45) is 0.679. The van der Waals surface area contributed by atoms with E-state index in [1.165, 1.54) is 30.4 Å². The number of nitrogens with zero attached hydrogens (tertiary/aromatic N) is 1. The van der Waals surface area contributed by atoms with E-state index in [0.717, 1.165) is 5.56 Å². The zero-order chi connectivity index (χ0) is 15.4. The maximum atomic E-state index is 12.8. The molecule has 0 fully saturated rings. The molecule has 0 aliphatic rings. The highest BCUT2D eigenvalue weighted by Gasteiger charge is 2.18. The molecule has 0 amide bonds. The lowest BCUT2D eigenvalue weighted by Gasteiger charge is -2.04. The maximum Gasteiger partial charge on any atom is 0.171 e. The zero-order valence-electron chi connectivity index (χ0n) is 11.4. The van der Waals surface area contributed by atoms with Gasteiger partial charge < -0.3 is 11.1 Å². The van der Waals surface area contributed by atoms with Crippen LogP contribution in [0.25, 0.3) is 0 Å². The van der Waals surface area contributed by atoms with E-state index in [1.54, 1.807) is 12.1 Å². The van der Waals surface area contributed by atoms with Crippen molar-refractivity contribution in [2.45, 2.75) is 13.3 Å². The molecule has 1 aromatic carbocycles. The summed E-state index contributed by atoms with van der Waals surface area (Å²) >= 11 is 1.19. The Balaban J connectivity index is 2.06. The van der Waals surface area contributed by atoms with Crippen LogP contribution < -0.4 is 11.1 Å². The van der Waals surface area contributed by atoms with E-state index in [2.05, 4.69) is 5.32 Å². The molecule has 3 N–H and O–H groups in total. The molecule has 1 heterocycles. The Morgan fingerprint density at radius 2 is 2.10 bits per heavy atom. The topological polar surface area (TPSA) is 78.9 Å². The molecular weight excluding hydrogens is 289 g/mol. The van der Waals surface area contributed by atoms with Crippen LogP contribution in [-0.2, 0) is 6.42 Å². The first-order chi connectivity index (χ1) is 10.0. The van der Waals surface area contributed by atoms with Gasteiger partial charge in [-0.15, -0.1) is 11.3 Å². The number of nitrogen functional groups attached to an aromatic ring is 1. The maximum absolute atomic E-state index is 12.8. The van der Waals surface area contributed by atoms with Gasteiger partial charge in [0.1, 0.15) is 22.5 Å². The standard InChI is InChI=1S/C15H14FN3OS/c1-9(20)14-13(18)12(8-17)15(21-14)19-7-6-10-2-4-11(16)5-3-10/h2-5,19H,6-7,18H2,1H3. The molecule has 0 saturated heterocycles. The first-order valence-corrected chi connectivity index (χ1v) is 7.16. The fraction of sp³-hybridized carbons (Fsp3) is 0.200. The molecule has 1 aromatic heterocycles. The highest BCUT2D eigenvalue weighted by Crippen LogP contribution is 2.35. The minimum absolute atomic E-state index is 0.152. The van der Waals surface area contributed by atoms with Gasteiger partial charge >= 0.3 is 0 Å². The van der Waals surface area contributed by atoms with Crippen LogP contribution in [-0.4, -0.2) is 12.3 Å². The molecule has 21 heavy (non-hydrogen) atoms. The lowest BCUT2D eigenvalue weighted by atomic mass is 10.1. The van der Waals surface area contributed by atoms with Crippen LogP contribution in [0.1, 0.15) is 27.7 Å². The molecule has 2 rings (SSSR count). The summed E-state index contributed by atoms with van der Waals surface area (Å²) in [5, 5.41) is 12.8. The van der Waals surface area contributed by atoms with E-state index in [-0.39, 0.29) is 17.3 Å². The first kappa shape index (κ1) is 15.0. The summed E-state index contributed by atoms with van der Waals surface area (Å²) in [5.74, 6) is -0.420. The van der Waals surface area contributed by atoms with Gasteiger partial charge in [-0.1, -0.05) is 12.1 Å². The van der Waals surface area contributed by atoms with Crippen LogP contribution in [0.15, 0.2) is 24.3 Å². The van der Waals surface area contributed by atoms with Crippen molar-refractivity contribution in [3.8, 4) is 6.07 Å². The number of rotatable bonds is 5. The number of nitrogens with one attached hydrogen (secondary N) is 1. The van der Waals surface area contributed by atoms with E-state index < -0.39 is 0 Å². The second-order valence-electron chi connectivity index (χ2n) is 4.52. The van der Waals surface area contributed by atoms with Gasteiger partial charge in [-0.2, -0.15) is 5.26 Å². The predicted molar refractivity (Wildman–Crippen MR) is 82.0 cm³/mol. The molecule has 0 aliphatic heterocycles. The van der Waals surface area contributed by atoms with Crippen molar-refractivity contribution >= 4 is 27.8 Å². The molecule has 4 nitrogen and oxygen atoms in total. The molecule has 108 valence electrons. The number of halogens is 1. The Bertz CT molecular complexity index is 701. The molecule has 0 saturated carbocycles. The molecule has 0 spiro atoms. The van der Waals surface area contributed by atoms with Gasteiger partial charge in [0.2, 0.25) is 0 Å². The second kappa shape index (κ2) is 6.37. The molecule has 0 radical (unpaired) electrons. The average Bonchev–Trinajstić information content (AvgIpc) is 2.77. The van der Waals surface area contributed by atoms with E-state index in [0.29, 0.717) is 28.4 Å². The van der Waals surface area contributed by atoms with Gasteiger partial charge in [0.15, 0.2) is 5.78 Å². The quantitative estimate of drug-likeness (QED) is 0.831. The molecule has 6 heteroatoms. The highest BCUT2D eigenvalue weighted by atomic mass is 32.1. The normalized spacial score (nSPS) is 10.1. The minimum Gasteiger partial charge on any atom is -0.396 e. The van der Waals surface area contributed by atoms with E-state index >= 15 is 0 Å². The third-order valence-electron chi connectivity index (χ3n) is 2.99. The summed E-state index contributed by atoms with van der Waals surface area (Å²) in [7, 11) is 0. The van der Waals surface area contributed by atoms with Gasteiger partial charge in [-0.05, 0) is 24.1 Å². The van der Waals surface area contributed by atoms with Gasteiger partial charge in [0.25, 0.3) is 0 Å². The molecule has 0 unspecified atom stereocenters. The van der Waals surface area contributed by atoms with E-state index in [1.807, 2.05) is 6.07 Å². The number of benzene rings is 1. The Kier molecular flexibility index (Phi) is 4.55. The fourth-order valence-corrected chi connectivity index (χ4v) is 2.90. The third kappa shape index (κ3) is 3.38. The summed E-state index contributed by atoms with van der Waals surface area (Å²) < 4.78 is 12.8. The summed E-state index contributed by atoms with van der Waals surface area (Å²) in [5.41, 5.74) is 7.33. The lowest BCUT2D eigenvalue weighted by Crippen LogP contribution is -2.04. The number of thiophene rings is 1. The average molecular weight is 303 g/mol. The van der Waals surface area contributed by atoms with Crippen molar-refractivity contribution in [1.29, 1.82) is 5.26 Å². The van der Waals surface area contributed by atoms with E-state index in [4.69, 9.17) is 11.0 Å². The smallest absolute Gasteiger partial charge is 0.171 e. The fourth-order valence-electron chi connectivity index (χ4n) is 1.91. The van der Waals surface area contributed by atoms with Gasteiger partial charge in [-0.25, -0.2) is 4.39 Å². The Labute approximate surface area is 126 Å². The number of nitrogens with two attached hydrogens (primary N) is 1. The second-order valence-corrected chi connectivity index (χ2v) is 5.54. The Morgan fingerprint density at radius 3 is 2.67 bits per heavy atom.